The minimum atomic E-state index is 0.0126. The van der Waals surface area contributed by atoms with Crippen LogP contribution >= 0.6 is 0 Å². The maximum absolute atomic E-state index is 4.42. The summed E-state index contributed by atoms with van der Waals surface area (Å²) in [5.41, 5.74) is 2.05. The Kier molecular flexibility index (Phi) is 3.50. The van der Waals surface area contributed by atoms with E-state index < -0.39 is 0 Å². The number of nitrogens with one attached hydrogen (secondary N) is 1. The molecule has 1 atom stereocenters. The van der Waals surface area contributed by atoms with Crippen molar-refractivity contribution in [1.29, 1.82) is 0 Å². The number of rotatable bonds is 3. The molecule has 5 nitrogen and oxygen atoms in total. The molecule has 0 aliphatic heterocycles. The molecule has 1 unspecified atom stereocenters. The molecule has 2 heterocycles. The molecule has 0 aliphatic carbocycles. The molecule has 94 valence electrons. The first-order chi connectivity index (χ1) is 8.58. The van der Waals surface area contributed by atoms with Gasteiger partial charge in [-0.15, -0.1) is 0 Å². The second kappa shape index (κ2) is 5.08. The first-order valence-electron chi connectivity index (χ1n) is 5.93. The number of aromatic nitrogens is 4. The van der Waals surface area contributed by atoms with Crippen LogP contribution < -0.4 is 5.32 Å². The van der Waals surface area contributed by atoms with Gasteiger partial charge in [-0.3, -0.25) is 0 Å². The molecule has 0 amide bonds. The Morgan fingerprint density at radius 3 is 2.39 bits per heavy atom. The van der Waals surface area contributed by atoms with E-state index in [2.05, 4.69) is 25.3 Å². The van der Waals surface area contributed by atoms with Gasteiger partial charge in [0.1, 0.15) is 17.5 Å². The summed E-state index contributed by atoms with van der Waals surface area (Å²) in [6.45, 7) is 7.90. The van der Waals surface area contributed by atoms with Crippen LogP contribution in [-0.4, -0.2) is 19.9 Å². The Morgan fingerprint density at radius 2 is 1.72 bits per heavy atom. The van der Waals surface area contributed by atoms with E-state index in [-0.39, 0.29) is 6.04 Å². The highest BCUT2D eigenvalue weighted by Crippen LogP contribution is 2.19. The van der Waals surface area contributed by atoms with Crippen molar-refractivity contribution in [1.82, 2.24) is 19.9 Å². The third-order valence-corrected chi connectivity index (χ3v) is 2.83. The molecule has 0 fully saturated rings. The fourth-order valence-electron chi connectivity index (χ4n) is 1.71. The summed E-state index contributed by atoms with van der Waals surface area (Å²) < 4.78 is 0. The lowest BCUT2D eigenvalue weighted by atomic mass is 10.2. The first kappa shape index (κ1) is 12.4. The van der Waals surface area contributed by atoms with Gasteiger partial charge in [-0.25, -0.2) is 19.9 Å². The lowest BCUT2D eigenvalue weighted by molar-refractivity contribution is 0.777. The molecule has 5 heteroatoms. The summed E-state index contributed by atoms with van der Waals surface area (Å²) >= 11 is 0. The summed E-state index contributed by atoms with van der Waals surface area (Å²) in [6, 6.07) is 1.82. The number of anilines is 1. The largest absolute Gasteiger partial charge is 0.360 e. The van der Waals surface area contributed by atoms with E-state index in [1.807, 2.05) is 27.7 Å². The molecule has 0 bridgehead atoms. The molecule has 18 heavy (non-hydrogen) atoms. The summed E-state index contributed by atoms with van der Waals surface area (Å²) in [5.74, 6) is 2.37. The van der Waals surface area contributed by atoms with Crippen molar-refractivity contribution in [3.8, 4) is 0 Å². The Labute approximate surface area is 107 Å². The van der Waals surface area contributed by atoms with Crippen molar-refractivity contribution in [2.75, 3.05) is 5.32 Å². The van der Waals surface area contributed by atoms with E-state index >= 15 is 0 Å². The van der Waals surface area contributed by atoms with Gasteiger partial charge in [0, 0.05) is 23.7 Å². The zero-order valence-corrected chi connectivity index (χ0v) is 11.1. The number of aryl methyl sites for hydroxylation is 2. The highest BCUT2D eigenvalue weighted by molar-refractivity contribution is 5.46. The van der Waals surface area contributed by atoms with Gasteiger partial charge < -0.3 is 5.32 Å². The minimum Gasteiger partial charge on any atom is -0.360 e. The molecule has 1 N–H and O–H groups in total. The van der Waals surface area contributed by atoms with Gasteiger partial charge in [0.25, 0.3) is 0 Å². The van der Waals surface area contributed by atoms with Crippen LogP contribution in [0.1, 0.15) is 35.9 Å². The topological polar surface area (TPSA) is 63.6 Å². The van der Waals surface area contributed by atoms with Crippen molar-refractivity contribution >= 4 is 5.82 Å². The fraction of sp³-hybridized carbons (Fsp3) is 0.385. The molecule has 0 saturated heterocycles. The molecule has 0 spiro atoms. The quantitative estimate of drug-likeness (QED) is 0.896. The van der Waals surface area contributed by atoms with Crippen LogP contribution in [0.25, 0.3) is 0 Å². The maximum Gasteiger partial charge on any atom is 0.150 e. The second-order valence-corrected chi connectivity index (χ2v) is 4.30. The van der Waals surface area contributed by atoms with Crippen molar-refractivity contribution < 1.29 is 0 Å². The monoisotopic (exact) mass is 243 g/mol. The standard InChI is InChI=1S/C13H17N5/c1-8-9(2)16-11(4)18-12(8)17-10(3)13-14-6-5-7-15-13/h5-7,10H,1-4H3,(H,16,17,18). The molecule has 0 aromatic carbocycles. The second-order valence-electron chi connectivity index (χ2n) is 4.30. The predicted octanol–water partition coefficient (Wildman–Crippen LogP) is 2.36. The van der Waals surface area contributed by atoms with Crippen molar-refractivity contribution in [3.05, 3.63) is 41.4 Å². The molecule has 0 aliphatic rings. The van der Waals surface area contributed by atoms with Crippen molar-refractivity contribution in [3.63, 3.8) is 0 Å². The van der Waals surface area contributed by atoms with Gasteiger partial charge in [0.15, 0.2) is 0 Å². The molecule has 2 aromatic rings. The Morgan fingerprint density at radius 1 is 1.06 bits per heavy atom. The normalized spacial score (nSPS) is 12.2. The zero-order chi connectivity index (χ0) is 13.1. The van der Waals surface area contributed by atoms with Gasteiger partial charge in [-0.1, -0.05) is 0 Å². The van der Waals surface area contributed by atoms with Gasteiger partial charge >= 0.3 is 0 Å². The third kappa shape index (κ3) is 2.61. The summed E-state index contributed by atoms with van der Waals surface area (Å²) in [6.07, 6.45) is 3.48. The van der Waals surface area contributed by atoms with Gasteiger partial charge in [0.2, 0.25) is 0 Å². The van der Waals surface area contributed by atoms with Crippen LogP contribution in [0, 0.1) is 20.8 Å². The van der Waals surface area contributed by atoms with E-state index in [9.17, 15) is 0 Å². The average Bonchev–Trinajstić information content (AvgIpc) is 2.36. The van der Waals surface area contributed by atoms with Crippen molar-refractivity contribution in [2.45, 2.75) is 33.7 Å². The molecular weight excluding hydrogens is 226 g/mol. The lowest BCUT2D eigenvalue weighted by Crippen LogP contribution is -2.13. The zero-order valence-electron chi connectivity index (χ0n) is 11.1. The van der Waals surface area contributed by atoms with E-state index in [1.54, 1.807) is 18.5 Å². The van der Waals surface area contributed by atoms with Gasteiger partial charge in [0.05, 0.1) is 6.04 Å². The number of hydrogen-bond donors (Lipinski definition) is 1. The fourth-order valence-corrected chi connectivity index (χ4v) is 1.71. The van der Waals surface area contributed by atoms with Crippen LogP contribution in [0.15, 0.2) is 18.5 Å². The van der Waals surface area contributed by atoms with E-state index in [4.69, 9.17) is 0 Å². The smallest absolute Gasteiger partial charge is 0.150 e. The Bertz CT molecular complexity index is 539. The minimum absolute atomic E-state index is 0.0126. The van der Waals surface area contributed by atoms with E-state index in [1.165, 1.54) is 0 Å². The summed E-state index contributed by atoms with van der Waals surface area (Å²) in [5, 5.41) is 3.33. The Balaban J connectivity index is 2.24. The number of hydrogen-bond acceptors (Lipinski definition) is 5. The molecule has 0 saturated carbocycles. The lowest BCUT2D eigenvalue weighted by Gasteiger charge is -2.16. The summed E-state index contributed by atoms with van der Waals surface area (Å²) in [7, 11) is 0. The molecule has 2 aromatic heterocycles. The highest BCUT2D eigenvalue weighted by Gasteiger charge is 2.12. The van der Waals surface area contributed by atoms with Crippen LogP contribution in [0.5, 0.6) is 0 Å². The molecular formula is C13H17N5. The van der Waals surface area contributed by atoms with E-state index in [0.717, 1.165) is 28.7 Å². The maximum atomic E-state index is 4.42. The van der Waals surface area contributed by atoms with Crippen LogP contribution in [0.3, 0.4) is 0 Å². The predicted molar refractivity (Wildman–Crippen MR) is 70.3 cm³/mol. The average molecular weight is 243 g/mol. The highest BCUT2D eigenvalue weighted by atomic mass is 15.1. The summed E-state index contributed by atoms with van der Waals surface area (Å²) in [4.78, 5) is 17.2. The number of nitrogens with zero attached hydrogens (tertiary/aromatic N) is 4. The first-order valence-corrected chi connectivity index (χ1v) is 5.93. The van der Waals surface area contributed by atoms with Crippen LogP contribution in [0.2, 0.25) is 0 Å². The third-order valence-electron chi connectivity index (χ3n) is 2.83. The van der Waals surface area contributed by atoms with E-state index in [0.29, 0.717) is 0 Å². The van der Waals surface area contributed by atoms with Gasteiger partial charge in [-0.2, -0.15) is 0 Å². The van der Waals surface area contributed by atoms with Crippen molar-refractivity contribution in [2.24, 2.45) is 0 Å². The van der Waals surface area contributed by atoms with Crippen LogP contribution in [-0.2, 0) is 0 Å². The molecule has 2 rings (SSSR count). The van der Waals surface area contributed by atoms with Gasteiger partial charge in [-0.05, 0) is 33.8 Å². The SMILES string of the molecule is Cc1nc(C)c(C)c(NC(C)c2ncccn2)n1. The molecule has 0 radical (unpaired) electrons. The Hall–Kier alpha value is -2.04. The van der Waals surface area contributed by atoms with Crippen LogP contribution in [0.4, 0.5) is 5.82 Å².